The molecule has 0 aliphatic heterocycles. The summed E-state index contributed by atoms with van der Waals surface area (Å²) in [6.07, 6.45) is 6.81. The first-order valence-electron chi connectivity index (χ1n) is 8.89. The molecule has 0 atom stereocenters. The van der Waals surface area contributed by atoms with Gasteiger partial charge in [-0.1, -0.05) is 12.1 Å². The number of hydrogen-bond donors (Lipinski definition) is 1. The Morgan fingerprint density at radius 1 is 1.10 bits per heavy atom. The molecule has 3 heterocycles. The Morgan fingerprint density at radius 2 is 1.86 bits per heavy atom. The minimum Gasteiger partial charge on any atom is -0.348 e. The highest BCUT2D eigenvalue weighted by molar-refractivity contribution is 7.91. The van der Waals surface area contributed by atoms with Crippen LogP contribution in [0.1, 0.15) is 21.6 Å². The van der Waals surface area contributed by atoms with Crippen LogP contribution >= 0.6 is 0 Å². The average molecular weight is 409 g/mol. The maximum atomic E-state index is 12.8. The lowest BCUT2D eigenvalue weighted by molar-refractivity contribution is 0.0950. The van der Waals surface area contributed by atoms with Crippen molar-refractivity contribution in [2.24, 2.45) is 7.05 Å². The van der Waals surface area contributed by atoms with Gasteiger partial charge in [-0.15, -0.1) is 0 Å². The number of carbonyl (C=O) groups is 1. The molecule has 8 nitrogen and oxygen atoms in total. The first-order chi connectivity index (χ1) is 13.8. The number of aromatic nitrogens is 4. The van der Waals surface area contributed by atoms with E-state index in [0.717, 1.165) is 11.2 Å². The van der Waals surface area contributed by atoms with Crippen LogP contribution in [0.4, 0.5) is 0 Å². The zero-order valence-corrected chi connectivity index (χ0v) is 16.7. The van der Waals surface area contributed by atoms with E-state index in [0.29, 0.717) is 11.3 Å². The number of nitrogens with one attached hydrogen (secondary N) is 1. The molecule has 1 N–H and O–H groups in total. The quantitative estimate of drug-likeness (QED) is 0.545. The van der Waals surface area contributed by atoms with Crippen molar-refractivity contribution in [2.45, 2.75) is 23.5 Å². The highest BCUT2D eigenvalue weighted by Gasteiger charge is 2.23. The molecule has 29 heavy (non-hydrogen) atoms. The fourth-order valence-corrected chi connectivity index (χ4v) is 4.48. The Balaban J connectivity index is 1.46. The van der Waals surface area contributed by atoms with Gasteiger partial charge in [-0.3, -0.25) is 4.79 Å². The van der Waals surface area contributed by atoms with Gasteiger partial charge in [0.15, 0.2) is 0 Å². The highest BCUT2D eigenvalue weighted by atomic mass is 32.2. The molecule has 4 aromatic rings. The second kappa shape index (κ2) is 7.17. The van der Waals surface area contributed by atoms with Gasteiger partial charge in [-0.05, 0) is 36.8 Å². The lowest BCUT2D eigenvalue weighted by Crippen LogP contribution is -2.23. The molecule has 0 fully saturated rings. The van der Waals surface area contributed by atoms with E-state index in [9.17, 15) is 13.2 Å². The van der Waals surface area contributed by atoms with Crippen molar-refractivity contribution < 1.29 is 13.2 Å². The van der Waals surface area contributed by atoms with Crippen molar-refractivity contribution in [3.63, 3.8) is 0 Å². The Kier molecular flexibility index (Phi) is 4.67. The maximum absolute atomic E-state index is 12.8. The van der Waals surface area contributed by atoms with Crippen LogP contribution in [0.15, 0.2) is 71.2 Å². The van der Waals surface area contributed by atoms with E-state index < -0.39 is 9.84 Å². The van der Waals surface area contributed by atoms with Crippen LogP contribution in [-0.4, -0.2) is 33.3 Å². The van der Waals surface area contributed by atoms with Gasteiger partial charge in [0.05, 0.1) is 16.2 Å². The minimum atomic E-state index is -3.70. The van der Waals surface area contributed by atoms with Crippen molar-refractivity contribution in [1.29, 1.82) is 0 Å². The summed E-state index contributed by atoms with van der Waals surface area (Å²) in [7, 11) is -2.05. The van der Waals surface area contributed by atoms with Crippen LogP contribution in [0.5, 0.6) is 0 Å². The Bertz CT molecular complexity index is 1300. The largest absolute Gasteiger partial charge is 0.348 e. The van der Waals surface area contributed by atoms with E-state index in [1.807, 2.05) is 0 Å². The van der Waals surface area contributed by atoms with Crippen molar-refractivity contribution in [3.8, 4) is 0 Å². The molecule has 1 amide bonds. The summed E-state index contributed by atoms with van der Waals surface area (Å²) in [5.74, 6) is -0.221. The second-order valence-corrected chi connectivity index (χ2v) is 8.56. The van der Waals surface area contributed by atoms with Crippen molar-refractivity contribution in [3.05, 3.63) is 78.0 Å². The van der Waals surface area contributed by atoms with Gasteiger partial charge in [0.25, 0.3) is 5.91 Å². The number of imidazole rings is 2. The van der Waals surface area contributed by atoms with Crippen LogP contribution in [0.25, 0.3) is 5.65 Å². The molecule has 0 aliphatic rings. The Labute approximate surface area is 167 Å². The molecule has 0 spiro atoms. The number of benzene rings is 1. The molecule has 148 valence electrons. The summed E-state index contributed by atoms with van der Waals surface area (Å²) in [6.45, 7) is 2.03. The summed E-state index contributed by atoms with van der Waals surface area (Å²) < 4.78 is 28.8. The third-order valence-corrected chi connectivity index (χ3v) is 6.28. The zero-order chi connectivity index (χ0) is 20.6. The molecule has 0 saturated heterocycles. The molecule has 0 unspecified atom stereocenters. The maximum Gasteiger partial charge on any atom is 0.253 e. The first-order valence-corrected chi connectivity index (χ1v) is 10.4. The summed E-state index contributed by atoms with van der Waals surface area (Å²) >= 11 is 0. The fourth-order valence-electron chi connectivity index (χ4n) is 3.07. The molecule has 0 saturated carbocycles. The van der Waals surface area contributed by atoms with Gasteiger partial charge >= 0.3 is 0 Å². The van der Waals surface area contributed by atoms with Gasteiger partial charge in [0, 0.05) is 38.4 Å². The number of nitrogens with zero attached hydrogens (tertiary/aromatic N) is 4. The van der Waals surface area contributed by atoms with Crippen molar-refractivity contribution >= 4 is 21.4 Å². The fraction of sp³-hybridized carbons (Fsp3) is 0.150. The van der Waals surface area contributed by atoms with Crippen molar-refractivity contribution in [1.82, 2.24) is 24.3 Å². The van der Waals surface area contributed by atoms with Crippen LogP contribution in [0.2, 0.25) is 0 Å². The Hall–Kier alpha value is -3.46. The number of sulfone groups is 1. The third-order valence-electron chi connectivity index (χ3n) is 4.53. The number of hydrogen-bond acceptors (Lipinski definition) is 5. The SMILES string of the molecule is Cc1cn(C)c(S(=O)(=O)c2ccc(CNC(=O)c3ccc4nccn4c3)cc2)n1. The van der Waals surface area contributed by atoms with E-state index in [2.05, 4.69) is 15.3 Å². The predicted octanol–water partition coefficient (Wildman–Crippen LogP) is 2.14. The lowest BCUT2D eigenvalue weighted by atomic mass is 10.2. The van der Waals surface area contributed by atoms with E-state index in [-0.39, 0.29) is 22.5 Å². The number of carbonyl (C=O) groups excluding carboxylic acids is 1. The second-order valence-electron chi connectivity index (χ2n) is 6.72. The van der Waals surface area contributed by atoms with Gasteiger partial charge in [0.1, 0.15) is 5.65 Å². The molecular formula is C20H19N5O3S. The molecule has 3 aromatic heterocycles. The topological polar surface area (TPSA) is 98.4 Å². The number of aryl methyl sites for hydroxylation is 2. The minimum absolute atomic E-state index is 0.00551. The van der Waals surface area contributed by atoms with Crippen LogP contribution in [0, 0.1) is 6.92 Å². The van der Waals surface area contributed by atoms with Crippen LogP contribution in [-0.2, 0) is 23.4 Å². The monoisotopic (exact) mass is 409 g/mol. The molecule has 0 bridgehead atoms. The van der Waals surface area contributed by atoms with E-state index in [1.54, 1.807) is 67.4 Å². The van der Waals surface area contributed by atoms with Gasteiger partial charge in [-0.2, -0.15) is 0 Å². The third kappa shape index (κ3) is 3.64. The molecule has 9 heteroatoms. The lowest BCUT2D eigenvalue weighted by Gasteiger charge is -2.08. The highest BCUT2D eigenvalue weighted by Crippen LogP contribution is 2.20. The smallest absolute Gasteiger partial charge is 0.253 e. The first kappa shape index (κ1) is 18.9. The number of pyridine rings is 1. The average Bonchev–Trinajstić information content (AvgIpc) is 3.31. The molecule has 1 aromatic carbocycles. The zero-order valence-electron chi connectivity index (χ0n) is 15.9. The summed E-state index contributed by atoms with van der Waals surface area (Å²) in [4.78, 5) is 20.8. The normalized spacial score (nSPS) is 11.7. The molecule has 0 radical (unpaired) electrons. The van der Waals surface area contributed by atoms with Gasteiger partial charge in [0.2, 0.25) is 15.0 Å². The van der Waals surface area contributed by atoms with E-state index >= 15 is 0 Å². The summed E-state index contributed by atoms with van der Waals surface area (Å²) in [6, 6.07) is 9.90. The number of amides is 1. The molecular weight excluding hydrogens is 390 g/mol. The Morgan fingerprint density at radius 3 is 2.55 bits per heavy atom. The van der Waals surface area contributed by atoms with Crippen LogP contribution in [0.3, 0.4) is 0 Å². The van der Waals surface area contributed by atoms with E-state index in [4.69, 9.17) is 0 Å². The molecule has 4 rings (SSSR count). The summed E-state index contributed by atoms with van der Waals surface area (Å²) in [5, 5.41) is 2.84. The standard InChI is InChI=1S/C20H19N5O3S/c1-14-12-24(2)20(23-14)29(27,28)17-6-3-15(4-7-17)11-22-19(26)16-5-8-18-21-9-10-25(18)13-16/h3-10,12-13H,11H2,1-2H3,(H,22,26). The number of fused-ring (bicyclic) bond motifs is 1. The van der Waals surface area contributed by atoms with Crippen molar-refractivity contribution in [2.75, 3.05) is 0 Å². The van der Waals surface area contributed by atoms with Gasteiger partial charge < -0.3 is 14.3 Å². The van der Waals surface area contributed by atoms with E-state index in [1.165, 1.54) is 16.7 Å². The van der Waals surface area contributed by atoms with Crippen LogP contribution < -0.4 is 5.32 Å². The molecule has 0 aliphatic carbocycles. The predicted molar refractivity (Wildman–Crippen MR) is 106 cm³/mol. The summed E-state index contributed by atoms with van der Waals surface area (Å²) in [5.41, 5.74) is 2.71. The number of rotatable bonds is 5. The van der Waals surface area contributed by atoms with Gasteiger partial charge in [-0.25, -0.2) is 18.4 Å².